The number of hydrogen-bond acceptors (Lipinski definition) is 4. The SMILES string of the molecule is CCc1n[nH]c2nc(C)c(CC(=O)O)c(=O)n12. The van der Waals surface area contributed by atoms with Crippen molar-refractivity contribution in [3.63, 3.8) is 0 Å². The van der Waals surface area contributed by atoms with Gasteiger partial charge in [0.25, 0.3) is 5.56 Å². The lowest BCUT2D eigenvalue weighted by Gasteiger charge is -2.03. The van der Waals surface area contributed by atoms with Gasteiger partial charge in [-0.05, 0) is 6.92 Å². The van der Waals surface area contributed by atoms with Crippen LogP contribution in [0.25, 0.3) is 5.78 Å². The molecule has 0 fully saturated rings. The molecule has 17 heavy (non-hydrogen) atoms. The minimum absolute atomic E-state index is 0.200. The maximum atomic E-state index is 12.1. The Morgan fingerprint density at radius 2 is 2.24 bits per heavy atom. The third-order valence-corrected chi connectivity index (χ3v) is 2.57. The van der Waals surface area contributed by atoms with Gasteiger partial charge in [0, 0.05) is 6.42 Å². The summed E-state index contributed by atoms with van der Waals surface area (Å²) in [6, 6.07) is 0. The number of H-pyrrole nitrogens is 1. The number of carboxylic acids is 1. The summed E-state index contributed by atoms with van der Waals surface area (Å²) in [5.41, 5.74) is 0.260. The van der Waals surface area contributed by atoms with Crippen molar-refractivity contribution in [2.24, 2.45) is 0 Å². The van der Waals surface area contributed by atoms with E-state index in [1.165, 1.54) is 4.40 Å². The lowest BCUT2D eigenvalue weighted by atomic mass is 10.2. The molecular formula is C10H12N4O3. The molecule has 0 aromatic carbocycles. The molecule has 0 bridgehead atoms. The van der Waals surface area contributed by atoms with Gasteiger partial charge >= 0.3 is 5.97 Å². The smallest absolute Gasteiger partial charge is 0.308 e. The summed E-state index contributed by atoms with van der Waals surface area (Å²) in [7, 11) is 0. The first-order chi connectivity index (χ1) is 8.04. The number of aliphatic carboxylic acids is 1. The van der Waals surface area contributed by atoms with Crippen molar-refractivity contribution in [2.45, 2.75) is 26.7 Å². The normalized spacial score (nSPS) is 10.9. The van der Waals surface area contributed by atoms with Crippen LogP contribution < -0.4 is 5.56 Å². The van der Waals surface area contributed by atoms with Crippen LogP contribution in [0.15, 0.2) is 4.79 Å². The van der Waals surface area contributed by atoms with Crippen molar-refractivity contribution < 1.29 is 9.90 Å². The summed E-state index contributed by atoms with van der Waals surface area (Å²) in [6.45, 7) is 3.48. The molecule has 2 aromatic heterocycles. The number of aryl methyl sites for hydroxylation is 2. The number of aromatic amines is 1. The standard InChI is InChI=1S/C10H12N4O3/c1-3-7-12-13-10-11-5(2)6(4-8(15)16)9(17)14(7)10/h3-4H2,1-2H3,(H,11,13)(H,15,16). The number of carbonyl (C=O) groups is 1. The van der Waals surface area contributed by atoms with Gasteiger partial charge in [0.05, 0.1) is 17.7 Å². The van der Waals surface area contributed by atoms with Crippen LogP contribution in [0.5, 0.6) is 0 Å². The molecule has 0 saturated carbocycles. The molecule has 0 aliphatic rings. The Morgan fingerprint density at radius 1 is 1.53 bits per heavy atom. The first-order valence-corrected chi connectivity index (χ1v) is 5.21. The number of fused-ring (bicyclic) bond motifs is 1. The summed E-state index contributed by atoms with van der Waals surface area (Å²) in [6.07, 6.45) is 0.242. The van der Waals surface area contributed by atoms with Crippen molar-refractivity contribution >= 4 is 11.7 Å². The van der Waals surface area contributed by atoms with E-state index in [0.29, 0.717) is 23.7 Å². The zero-order chi connectivity index (χ0) is 12.6. The van der Waals surface area contributed by atoms with E-state index in [2.05, 4.69) is 15.2 Å². The predicted octanol–water partition coefficient (Wildman–Crippen LogP) is -0.0845. The van der Waals surface area contributed by atoms with Crippen LogP contribution >= 0.6 is 0 Å². The van der Waals surface area contributed by atoms with Crippen LogP contribution in [-0.4, -0.2) is 30.7 Å². The van der Waals surface area contributed by atoms with Gasteiger partial charge in [0.2, 0.25) is 5.78 Å². The van der Waals surface area contributed by atoms with Gasteiger partial charge in [0.1, 0.15) is 5.82 Å². The molecular weight excluding hydrogens is 224 g/mol. The zero-order valence-electron chi connectivity index (χ0n) is 9.52. The summed E-state index contributed by atoms with van der Waals surface area (Å²) >= 11 is 0. The molecule has 7 heteroatoms. The fraction of sp³-hybridized carbons (Fsp3) is 0.400. The highest BCUT2D eigenvalue weighted by molar-refractivity contribution is 5.70. The molecule has 0 aliphatic carbocycles. The number of carboxylic acid groups (broad SMARTS) is 1. The molecule has 7 nitrogen and oxygen atoms in total. The Morgan fingerprint density at radius 3 is 2.82 bits per heavy atom. The molecule has 0 saturated heterocycles. The monoisotopic (exact) mass is 236 g/mol. The van der Waals surface area contributed by atoms with Gasteiger partial charge in [-0.2, -0.15) is 5.10 Å². The molecule has 2 heterocycles. The van der Waals surface area contributed by atoms with Crippen molar-refractivity contribution in [1.82, 2.24) is 19.6 Å². The largest absolute Gasteiger partial charge is 0.481 e. The third kappa shape index (κ3) is 1.79. The van der Waals surface area contributed by atoms with Crippen LogP contribution in [0.3, 0.4) is 0 Å². The minimum atomic E-state index is -1.05. The van der Waals surface area contributed by atoms with E-state index in [0.717, 1.165) is 0 Å². The number of rotatable bonds is 3. The summed E-state index contributed by atoms with van der Waals surface area (Å²) in [5.74, 6) is -0.156. The molecule has 2 rings (SSSR count). The predicted molar refractivity (Wildman–Crippen MR) is 59.1 cm³/mol. The van der Waals surface area contributed by atoms with Crippen LogP contribution in [0.2, 0.25) is 0 Å². The van der Waals surface area contributed by atoms with E-state index >= 15 is 0 Å². The molecule has 2 N–H and O–H groups in total. The second kappa shape index (κ2) is 4.00. The Kier molecular flexibility index (Phi) is 2.66. The number of nitrogens with zero attached hydrogens (tertiary/aromatic N) is 3. The molecule has 0 radical (unpaired) electrons. The van der Waals surface area contributed by atoms with E-state index in [4.69, 9.17) is 5.11 Å². The molecule has 2 aromatic rings. The van der Waals surface area contributed by atoms with Crippen LogP contribution in [0.4, 0.5) is 0 Å². The van der Waals surface area contributed by atoms with Gasteiger partial charge in [-0.3, -0.25) is 9.59 Å². The second-order valence-electron chi connectivity index (χ2n) is 3.70. The fourth-order valence-corrected chi connectivity index (χ4v) is 1.73. The molecule has 0 atom stereocenters. The fourth-order valence-electron chi connectivity index (χ4n) is 1.73. The maximum Gasteiger partial charge on any atom is 0.308 e. The van der Waals surface area contributed by atoms with Crippen LogP contribution in [0, 0.1) is 6.92 Å². The highest BCUT2D eigenvalue weighted by atomic mass is 16.4. The van der Waals surface area contributed by atoms with E-state index in [1.807, 2.05) is 6.92 Å². The molecule has 90 valence electrons. The van der Waals surface area contributed by atoms with Crippen LogP contribution in [0.1, 0.15) is 24.0 Å². The summed E-state index contributed by atoms with van der Waals surface area (Å²) < 4.78 is 1.32. The van der Waals surface area contributed by atoms with E-state index < -0.39 is 5.97 Å². The highest BCUT2D eigenvalue weighted by Crippen LogP contribution is 2.05. The number of nitrogens with one attached hydrogen (secondary N) is 1. The van der Waals surface area contributed by atoms with Gasteiger partial charge in [-0.25, -0.2) is 14.5 Å². The number of hydrogen-bond donors (Lipinski definition) is 2. The minimum Gasteiger partial charge on any atom is -0.481 e. The van der Waals surface area contributed by atoms with Crippen molar-refractivity contribution in [3.05, 3.63) is 27.4 Å². The van der Waals surface area contributed by atoms with Gasteiger partial charge in [-0.15, -0.1) is 0 Å². The van der Waals surface area contributed by atoms with Crippen molar-refractivity contribution in [3.8, 4) is 0 Å². The van der Waals surface area contributed by atoms with Crippen LogP contribution in [-0.2, 0) is 17.6 Å². The molecule has 0 aliphatic heterocycles. The van der Waals surface area contributed by atoms with E-state index in [9.17, 15) is 9.59 Å². The Labute approximate surface area is 96.1 Å². The lowest BCUT2D eigenvalue weighted by molar-refractivity contribution is -0.136. The quantitative estimate of drug-likeness (QED) is 0.776. The first kappa shape index (κ1) is 11.3. The average Bonchev–Trinajstić information content (AvgIpc) is 2.66. The topological polar surface area (TPSA) is 100 Å². The third-order valence-electron chi connectivity index (χ3n) is 2.57. The van der Waals surface area contributed by atoms with E-state index in [-0.39, 0.29) is 17.5 Å². The Balaban J connectivity index is 2.76. The summed E-state index contributed by atoms with van der Waals surface area (Å²) in [4.78, 5) is 27.0. The zero-order valence-corrected chi connectivity index (χ0v) is 9.52. The molecule has 0 amide bonds. The van der Waals surface area contributed by atoms with Gasteiger partial charge < -0.3 is 5.11 Å². The Bertz CT molecular complexity index is 641. The van der Waals surface area contributed by atoms with E-state index in [1.54, 1.807) is 6.92 Å². The lowest BCUT2D eigenvalue weighted by Crippen LogP contribution is -2.24. The van der Waals surface area contributed by atoms with Crippen molar-refractivity contribution in [2.75, 3.05) is 0 Å². The van der Waals surface area contributed by atoms with Gasteiger partial charge in [-0.1, -0.05) is 6.92 Å². The first-order valence-electron chi connectivity index (χ1n) is 5.21. The summed E-state index contributed by atoms with van der Waals surface area (Å²) in [5, 5.41) is 15.4. The molecule has 0 unspecified atom stereocenters. The van der Waals surface area contributed by atoms with Crippen molar-refractivity contribution in [1.29, 1.82) is 0 Å². The van der Waals surface area contributed by atoms with Gasteiger partial charge in [0.15, 0.2) is 0 Å². The highest BCUT2D eigenvalue weighted by Gasteiger charge is 2.15. The second-order valence-corrected chi connectivity index (χ2v) is 3.70. The number of aromatic nitrogens is 4. The average molecular weight is 236 g/mol. The Hall–Kier alpha value is -2.18. The maximum absolute atomic E-state index is 12.1. The molecule has 0 spiro atoms.